The molecule has 2 N–H and O–H groups in total. The molecule has 0 aliphatic carbocycles. The van der Waals surface area contributed by atoms with Crippen LogP contribution in [0.4, 0.5) is 5.69 Å². The van der Waals surface area contributed by atoms with E-state index in [2.05, 4.69) is 4.98 Å². The Morgan fingerprint density at radius 2 is 1.67 bits per heavy atom. The first-order valence-electron chi connectivity index (χ1n) is 5.70. The van der Waals surface area contributed by atoms with Gasteiger partial charge in [0, 0.05) is 16.8 Å². The van der Waals surface area contributed by atoms with Crippen LogP contribution in [0.15, 0.2) is 65.3 Å². The Balaban J connectivity index is 2.00. The van der Waals surface area contributed by atoms with Gasteiger partial charge in [0.25, 0.3) is 0 Å². The number of nitrogens with zero attached hydrogens (tertiary/aromatic N) is 1. The zero-order chi connectivity index (χ0) is 12.4. The number of oxazole rings is 1. The summed E-state index contributed by atoms with van der Waals surface area (Å²) in [6.45, 7) is 0. The molecule has 2 aromatic carbocycles. The quantitative estimate of drug-likeness (QED) is 0.692. The Kier molecular flexibility index (Phi) is 2.57. The van der Waals surface area contributed by atoms with Crippen LogP contribution >= 0.6 is 0 Å². The molecule has 1 heterocycles. The number of benzene rings is 2. The zero-order valence-corrected chi connectivity index (χ0v) is 9.71. The van der Waals surface area contributed by atoms with E-state index in [1.54, 1.807) is 6.26 Å². The third kappa shape index (κ3) is 1.98. The maximum absolute atomic E-state index is 5.74. The zero-order valence-electron chi connectivity index (χ0n) is 9.71. The third-order valence-electron chi connectivity index (χ3n) is 2.71. The summed E-state index contributed by atoms with van der Waals surface area (Å²) in [4.78, 5) is 4.47. The highest BCUT2D eigenvalue weighted by Crippen LogP contribution is 2.25. The number of aromatic nitrogens is 1. The molecule has 3 aromatic rings. The summed E-state index contributed by atoms with van der Waals surface area (Å²) in [5.41, 5.74) is 9.20. The molecule has 3 rings (SSSR count). The number of hydrogen-bond donors (Lipinski definition) is 1. The average Bonchev–Trinajstić information content (AvgIpc) is 2.89. The molecule has 1 aromatic heterocycles. The van der Waals surface area contributed by atoms with Crippen LogP contribution in [0, 0.1) is 0 Å². The highest BCUT2D eigenvalue weighted by Gasteiger charge is 2.07. The van der Waals surface area contributed by atoms with Gasteiger partial charge in [-0.15, -0.1) is 0 Å². The molecule has 0 bridgehead atoms. The van der Waals surface area contributed by atoms with E-state index >= 15 is 0 Å². The van der Waals surface area contributed by atoms with E-state index in [1.807, 2.05) is 54.6 Å². The second-order valence-electron chi connectivity index (χ2n) is 4.03. The van der Waals surface area contributed by atoms with Crippen molar-refractivity contribution < 1.29 is 4.42 Å². The fourth-order valence-corrected chi connectivity index (χ4v) is 1.82. The fourth-order valence-electron chi connectivity index (χ4n) is 1.82. The summed E-state index contributed by atoms with van der Waals surface area (Å²) in [6.07, 6.45) is 1.66. The predicted octanol–water partition coefficient (Wildman–Crippen LogP) is 3.59. The highest BCUT2D eigenvalue weighted by atomic mass is 16.3. The maximum atomic E-state index is 5.74. The van der Waals surface area contributed by atoms with Gasteiger partial charge in [-0.3, -0.25) is 0 Å². The van der Waals surface area contributed by atoms with Crippen molar-refractivity contribution >= 4 is 5.69 Å². The molecule has 0 saturated carbocycles. The molecular weight excluding hydrogens is 224 g/mol. The van der Waals surface area contributed by atoms with E-state index in [4.69, 9.17) is 10.2 Å². The molecule has 0 atom stereocenters. The van der Waals surface area contributed by atoms with Gasteiger partial charge < -0.3 is 10.2 Å². The first-order chi connectivity index (χ1) is 8.83. The second-order valence-corrected chi connectivity index (χ2v) is 4.03. The molecule has 0 fully saturated rings. The molecule has 0 aliphatic heterocycles. The molecule has 0 spiro atoms. The summed E-state index contributed by atoms with van der Waals surface area (Å²) in [5.74, 6) is 0.584. The maximum Gasteiger partial charge on any atom is 0.226 e. The normalized spacial score (nSPS) is 10.4. The summed E-state index contributed by atoms with van der Waals surface area (Å²) >= 11 is 0. The number of rotatable bonds is 2. The van der Waals surface area contributed by atoms with E-state index in [1.165, 1.54) is 0 Å². The minimum absolute atomic E-state index is 0.584. The van der Waals surface area contributed by atoms with Crippen LogP contribution < -0.4 is 5.73 Å². The summed E-state index contributed by atoms with van der Waals surface area (Å²) < 4.78 is 5.49. The molecule has 0 aliphatic rings. The van der Waals surface area contributed by atoms with Gasteiger partial charge in [0.05, 0.1) is 0 Å². The van der Waals surface area contributed by atoms with Crippen LogP contribution in [0.2, 0.25) is 0 Å². The van der Waals surface area contributed by atoms with Crippen molar-refractivity contribution in [2.75, 3.05) is 5.73 Å². The Hall–Kier alpha value is -2.55. The molecule has 0 saturated heterocycles. The van der Waals surface area contributed by atoms with Crippen molar-refractivity contribution in [2.24, 2.45) is 0 Å². The van der Waals surface area contributed by atoms with Gasteiger partial charge in [-0.1, -0.05) is 36.4 Å². The summed E-state index contributed by atoms with van der Waals surface area (Å²) in [6, 6.07) is 17.4. The number of anilines is 1. The topological polar surface area (TPSA) is 52.0 Å². The number of nitrogen functional groups attached to an aromatic ring is 1. The van der Waals surface area contributed by atoms with Crippen LogP contribution in [0.25, 0.3) is 22.7 Å². The Morgan fingerprint density at radius 3 is 2.44 bits per heavy atom. The van der Waals surface area contributed by atoms with Crippen molar-refractivity contribution in [3.63, 3.8) is 0 Å². The first-order valence-corrected chi connectivity index (χ1v) is 5.70. The highest BCUT2D eigenvalue weighted by molar-refractivity contribution is 5.64. The molecule has 0 amide bonds. The Morgan fingerprint density at radius 1 is 0.889 bits per heavy atom. The van der Waals surface area contributed by atoms with Crippen molar-refractivity contribution in [3.8, 4) is 22.7 Å². The molecule has 3 nitrogen and oxygen atoms in total. The van der Waals surface area contributed by atoms with Crippen molar-refractivity contribution in [3.05, 3.63) is 60.9 Å². The fraction of sp³-hybridized carbons (Fsp3) is 0. The van der Waals surface area contributed by atoms with E-state index in [-0.39, 0.29) is 0 Å². The Labute approximate surface area is 105 Å². The van der Waals surface area contributed by atoms with E-state index in [9.17, 15) is 0 Å². The number of nitrogens with two attached hydrogens (primary N) is 1. The van der Waals surface area contributed by atoms with E-state index in [0.717, 1.165) is 16.8 Å². The molecule has 0 radical (unpaired) electrons. The minimum Gasteiger partial charge on any atom is -0.444 e. The summed E-state index contributed by atoms with van der Waals surface area (Å²) in [5, 5.41) is 0. The number of hydrogen-bond acceptors (Lipinski definition) is 3. The van der Waals surface area contributed by atoms with Crippen molar-refractivity contribution in [2.45, 2.75) is 0 Å². The van der Waals surface area contributed by atoms with Crippen LogP contribution in [0.5, 0.6) is 0 Å². The molecular formula is C15H12N2O. The second kappa shape index (κ2) is 4.37. The lowest BCUT2D eigenvalue weighted by molar-refractivity contribution is 0.575. The third-order valence-corrected chi connectivity index (χ3v) is 2.71. The lowest BCUT2D eigenvalue weighted by Gasteiger charge is -1.96. The van der Waals surface area contributed by atoms with E-state index in [0.29, 0.717) is 11.6 Å². The molecule has 0 unspecified atom stereocenters. The Bertz CT molecular complexity index is 659. The van der Waals surface area contributed by atoms with Crippen LogP contribution in [-0.2, 0) is 0 Å². The lowest BCUT2D eigenvalue weighted by Crippen LogP contribution is -1.85. The van der Waals surface area contributed by atoms with Gasteiger partial charge >= 0.3 is 0 Å². The van der Waals surface area contributed by atoms with Gasteiger partial charge in [0.15, 0.2) is 0 Å². The van der Waals surface area contributed by atoms with Gasteiger partial charge in [-0.2, -0.15) is 0 Å². The predicted molar refractivity (Wildman–Crippen MR) is 71.8 cm³/mol. The average molecular weight is 236 g/mol. The summed E-state index contributed by atoms with van der Waals surface area (Å²) in [7, 11) is 0. The van der Waals surface area contributed by atoms with Crippen molar-refractivity contribution in [1.82, 2.24) is 4.98 Å². The molecule has 3 heteroatoms. The van der Waals surface area contributed by atoms with Crippen molar-refractivity contribution in [1.29, 1.82) is 0 Å². The van der Waals surface area contributed by atoms with Crippen LogP contribution in [-0.4, -0.2) is 4.98 Å². The monoisotopic (exact) mass is 236 g/mol. The molecule has 88 valence electrons. The van der Waals surface area contributed by atoms with Crippen LogP contribution in [0.1, 0.15) is 0 Å². The standard InChI is InChI=1S/C15H12N2O/c16-13-8-4-7-12(9-13)15-17-14(10-18-15)11-5-2-1-3-6-11/h1-10H,16H2. The first kappa shape index (κ1) is 10.6. The molecule has 18 heavy (non-hydrogen) atoms. The van der Waals surface area contributed by atoms with Gasteiger partial charge in [0.1, 0.15) is 12.0 Å². The SMILES string of the molecule is Nc1cccc(-c2nc(-c3ccccc3)co2)c1. The lowest BCUT2D eigenvalue weighted by atomic mass is 10.2. The van der Waals surface area contributed by atoms with Gasteiger partial charge in [-0.05, 0) is 18.2 Å². The van der Waals surface area contributed by atoms with E-state index < -0.39 is 0 Å². The van der Waals surface area contributed by atoms with Gasteiger partial charge in [0.2, 0.25) is 5.89 Å². The van der Waals surface area contributed by atoms with Crippen LogP contribution in [0.3, 0.4) is 0 Å². The van der Waals surface area contributed by atoms with Gasteiger partial charge in [-0.25, -0.2) is 4.98 Å². The largest absolute Gasteiger partial charge is 0.444 e. The minimum atomic E-state index is 0.584. The smallest absolute Gasteiger partial charge is 0.226 e.